The van der Waals surface area contributed by atoms with Crippen LogP contribution < -0.4 is 16.1 Å². The van der Waals surface area contributed by atoms with E-state index in [9.17, 15) is 14.9 Å². The summed E-state index contributed by atoms with van der Waals surface area (Å²) in [5, 5.41) is 20.2. The van der Waals surface area contributed by atoms with E-state index in [1.54, 1.807) is 52.0 Å². The molecule has 0 aromatic heterocycles. The first-order chi connectivity index (χ1) is 9.99. The maximum Gasteiger partial charge on any atom is 0.491 e. The Balaban J connectivity index is 2.89. The van der Waals surface area contributed by atoms with Gasteiger partial charge in [0.2, 0.25) is 0 Å². The zero-order valence-corrected chi connectivity index (χ0v) is 13.8. The van der Waals surface area contributed by atoms with E-state index in [1.807, 2.05) is 6.92 Å². The minimum atomic E-state index is -1.18. The minimum Gasteiger partial charge on any atom is -0.423 e. The van der Waals surface area contributed by atoms with Gasteiger partial charge in [0.05, 0.1) is 11.2 Å². The molecule has 0 aliphatic rings. The Hall–Kier alpha value is -1.57. The average molecular weight is 308 g/mol. The second kappa shape index (κ2) is 6.68. The van der Waals surface area contributed by atoms with Crippen molar-refractivity contribution in [1.29, 1.82) is 0 Å². The molecular formula is C15H25BN2O4. The third-order valence-electron chi connectivity index (χ3n) is 3.95. The smallest absolute Gasteiger partial charge is 0.423 e. The van der Waals surface area contributed by atoms with Crippen molar-refractivity contribution < 1.29 is 19.6 Å². The zero-order chi connectivity index (χ0) is 17.1. The molecular weight excluding hydrogens is 283 g/mol. The van der Waals surface area contributed by atoms with Gasteiger partial charge in [0.15, 0.2) is 0 Å². The molecule has 0 unspecified atom stereocenters. The summed E-state index contributed by atoms with van der Waals surface area (Å²) in [6, 6.07) is 6.16. The number of urea groups is 1. The van der Waals surface area contributed by atoms with E-state index in [1.165, 1.54) is 4.90 Å². The van der Waals surface area contributed by atoms with Crippen LogP contribution in [0.25, 0.3) is 0 Å². The second-order valence-corrected chi connectivity index (χ2v) is 6.21. The van der Waals surface area contributed by atoms with Crippen LogP contribution in [0.1, 0.15) is 34.6 Å². The van der Waals surface area contributed by atoms with Crippen LogP contribution >= 0.6 is 0 Å². The highest BCUT2D eigenvalue weighted by molar-refractivity contribution is 6.60. The Morgan fingerprint density at radius 1 is 1.27 bits per heavy atom. The van der Waals surface area contributed by atoms with Crippen molar-refractivity contribution in [3.05, 3.63) is 24.3 Å². The molecule has 122 valence electrons. The molecule has 6 nitrogen and oxygen atoms in total. The number of hydrogen-bond donors (Lipinski definition) is 3. The van der Waals surface area contributed by atoms with Crippen LogP contribution in [0.15, 0.2) is 24.3 Å². The lowest BCUT2D eigenvalue weighted by Crippen LogP contribution is -2.53. The first-order valence-corrected chi connectivity index (χ1v) is 7.25. The molecule has 1 rings (SSSR count). The lowest BCUT2D eigenvalue weighted by Gasteiger charge is -2.38. The molecule has 2 amide bonds. The summed E-state index contributed by atoms with van der Waals surface area (Å²) in [4.78, 5) is 12.7. The summed E-state index contributed by atoms with van der Waals surface area (Å²) < 4.78 is 5.56. The normalized spacial score (nSPS) is 12.1. The van der Waals surface area contributed by atoms with Crippen molar-refractivity contribution in [1.82, 2.24) is 0 Å². The maximum absolute atomic E-state index is 11.3. The van der Waals surface area contributed by atoms with Crippen molar-refractivity contribution in [2.45, 2.75) is 45.8 Å². The van der Waals surface area contributed by atoms with Crippen molar-refractivity contribution in [3.8, 4) is 0 Å². The SMILES string of the molecule is CCN(C(N)=O)c1ccc(B(O)OC(C)(C)C(C)(C)O)cc1. The number of carbonyl (C=O) groups excluding carboxylic acids is 1. The Bertz CT molecular complexity index is 511. The third-order valence-corrected chi connectivity index (χ3v) is 3.95. The third kappa shape index (κ3) is 4.22. The Labute approximate surface area is 132 Å². The quantitative estimate of drug-likeness (QED) is 0.679. The molecule has 0 radical (unpaired) electrons. The van der Waals surface area contributed by atoms with Crippen molar-refractivity contribution in [2.24, 2.45) is 5.73 Å². The number of carbonyl (C=O) groups is 1. The van der Waals surface area contributed by atoms with E-state index >= 15 is 0 Å². The van der Waals surface area contributed by atoms with Crippen LogP contribution in [-0.2, 0) is 4.65 Å². The first kappa shape index (κ1) is 18.5. The lowest BCUT2D eigenvalue weighted by molar-refractivity contribution is -0.0982. The molecule has 0 saturated carbocycles. The van der Waals surface area contributed by atoms with Gasteiger partial charge in [-0.3, -0.25) is 4.90 Å². The van der Waals surface area contributed by atoms with Crippen LogP contribution in [-0.4, -0.2) is 41.0 Å². The predicted molar refractivity (Wildman–Crippen MR) is 88.1 cm³/mol. The standard InChI is InChI=1S/C15H25BN2O4/c1-6-18(13(17)19)12-9-7-11(8-10-12)16(21)22-15(4,5)14(2,3)20/h7-10,20-21H,6H2,1-5H3,(H2,17,19). The van der Waals surface area contributed by atoms with Gasteiger partial charge in [-0.2, -0.15) is 0 Å². The highest BCUT2D eigenvalue weighted by Gasteiger charge is 2.39. The number of rotatable bonds is 6. The van der Waals surface area contributed by atoms with Crippen LogP contribution in [0.3, 0.4) is 0 Å². The first-order valence-electron chi connectivity index (χ1n) is 7.25. The minimum absolute atomic E-state index is 0.458. The summed E-state index contributed by atoms with van der Waals surface area (Å²) >= 11 is 0. The van der Waals surface area contributed by atoms with E-state index in [0.717, 1.165) is 0 Å². The lowest BCUT2D eigenvalue weighted by atomic mass is 9.76. The largest absolute Gasteiger partial charge is 0.491 e. The van der Waals surface area contributed by atoms with Gasteiger partial charge in [-0.1, -0.05) is 12.1 Å². The van der Waals surface area contributed by atoms with Crippen LogP contribution in [0.2, 0.25) is 0 Å². The molecule has 7 heteroatoms. The Morgan fingerprint density at radius 3 is 2.14 bits per heavy atom. The van der Waals surface area contributed by atoms with Crippen LogP contribution in [0.4, 0.5) is 10.5 Å². The van der Waals surface area contributed by atoms with Crippen molar-refractivity contribution in [3.63, 3.8) is 0 Å². The molecule has 0 bridgehead atoms. The molecule has 0 heterocycles. The van der Waals surface area contributed by atoms with Gasteiger partial charge in [-0.05, 0) is 52.2 Å². The van der Waals surface area contributed by atoms with Gasteiger partial charge in [0, 0.05) is 12.2 Å². The fourth-order valence-corrected chi connectivity index (χ4v) is 1.78. The fourth-order valence-electron chi connectivity index (χ4n) is 1.78. The summed E-state index contributed by atoms with van der Waals surface area (Å²) in [5.41, 5.74) is 4.42. The average Bonchev–Trinajstić information content (AvgIpc) is 2.38. The van der Waals surface area contributed by atoms with E-state index in [-0.39, 0.29) is 0 Å². The predicted octanol–water partition coefficient (Wildman–Crippen LogP) is 0.845. The number of primary amides is 1. The van der Waals surface area contributed by atoms with E-state index in [0.29, 0.717) is 17.7 Å². The zero-order valence-electron chi connectivity index (χ0n) is 13.8. The fraction of sp³-hybridized carbons (Fsp3) is 0.533. The number of nitrogens with two attached hydrogens (primary N) is 1. The summed E-state index contributed by atoms with van der Waals surface area (Å²) in [6.07, 6.45) is 0. The van der Waals surface area contributed by atoms with Crippen molar-refractivity contribution in [2.75, 3.05) is 11.4 Å². The van der Waals surface area contributed by atoms with E-state index in [4.69, 9.17) is 10.4 Å². The van der Waals surface area contributed by atoms with Gasteiger partial charge in [-0.15, -0.1) is 0 Å². The Kier molecular flexibility index (Phi) is 5.62. The molecule has 4 N–H and O–H groups in total. The van der Waals surface area contributed by atoms with Gasteiger partial charge < -0.3 is 20.5 Å². The summed E-state index contributed by atoms with van der Waals surface area (Å²) in [5.74, 6) is 0. The monoisotopic (exact) mass is 308 g/mol. The van der Waals surface area contributed by atoms with Crippen LogP contribution in [0.5, 0.6) is 0 Å². The van der Waals surface area contributed by atoms with Gasteiger partial charge >= 0.3 is 13.1 Å². The second-order valence-electron chi connectivity index (χ2n) is 6.21. The summed E-state index contributed by atoms with van der Waals surface area (Å²) in [7, 11) is -1.18. The van der Waals surface area contributed by atoms with Crippen molar-refractivity contribution >= 4 is 24.3 Å². The molecule has 0 fully saturated rings. The number of nitrogens with zero attached hydrogens (tertiary/aromatic N) is 1. The molecule has 1 aromatic carbocycles. The van der Waals surface area contributed by atoms with E-state index < -0.39 is 24.4 Å². The molecule has 0 aliphatic carbocycles. The van der Waals surface area contributed by atoms with Gasteiger partial charge in [0.1, 0.15) is 0 Å². The number of benzene rings is 1. The van der Waals surface area contributed by atoms with Crippen LogP contribution in [0, 0.1) is 0 Å². The maximum atomic E-state index is 11.3. The topological polar surface area (TPSA) is 96.0 Å². The highest BCUT2D eigenvalue weighted by Crippen LogP contribution is 2.25. The molecule has 0 atom stereocenters. The molecule has 0 aliphatic heterocycles. The number of aliphatic hydroxyl groups is 1. The molecule has 22 heavy (non-hydrogen) atoms. The summed E-state index contributed by atoms with van der Waals surface area (Å²) in [6.45, 7) is 8.93. The molecule has 1 aromatic rings. The van der Waals surface area contributed by atoms with E-state index in [2.05, 4.69) is 0 Å². The number of hydrogen-bond acceptors (Lipinski definition) is 4. The Morgan fingerprint density at radius 2 is 1.77 bits per heavy atom. The number of anilines is 1. The molecule has 0 saturated heterocycles. The van der Waals surface area contributed by atoms with Gasteiger partial charge in [-0.25, -0.2) is 4.79 Å². The van der Waals surface area contributed by atoms with Gasteiger partial charge in [0.25, 0.3) is 0 Å². The number of amides is 2. The highest BCUT2D eigenvalue weighted by atomic mass is 16.5. The molecule has 0 spiro atoms.